The fourth-order valence-corrected chi connectivity index (χ4v) is 5.45. The SMILES string of the molecule is C[C@@H]1C[C@H](C)CN(c2cc(NCCN(C)CCO)c3c4c(onc24)-c2ccccc2C3=O)C1. The summed E-state index contributed by atoms with van der Waals surface area (Å²) in [7, 11) is 1.98. The van der Waals surface area contributed by atoms with Gasteiger partial charge in [-0.25, -0.2) is 0 Å². The first-order chi connectivity index (χ1) is 16.0. The number of benzene rings is 2. The van der Waals surface area contributed by atoms with Gasteiger partial charge in [-0.15, -0.1) is 0 Å². The van der Waals surface area contributed by atoms with Crippen LogP contribution in [0.5, 0.6) is 0 Å². The molecule has 2 heterocycles. The van der Waals surface area contributed by atoms with Crippen LogP contribution in [0.2, 0.25) is 0 Å². The van der Waals surface area contributed by atoms with E-state index in [0.717, 1.165) is 47.5 Å². The molecule has 1 aliphatic heterocycles. The van der Waals surface area contributed by atoms with Gasteiger partial charge in [0.2, 0.25) is 0 Å². The Kier molecular flexibility index (Phi) is 5.85. The average Bonchev–Trinajstić information content (AvgIpc) is 3.22. The molecule has 3 aromatic rings. The lowest BCUT2D eigenvalue weighted by Gasteiger charge is -2.37. The molecule has 0 radical (unpaired) electrons. The number of aliphatic hydroxyl groups is 1. The molecule has 33 heavy (non-hydrogen) atoms. The number of rotatable bonds is 7. The molecule has 7 nitrogen and oxygen atoms in total. The lowest BCUT2D eigenvalue weighted by atomic mass is 9.85. The second kappa shape index (κ2) is 8.80. The highest BCUT2D eigenvalue weighted by Gasteiger charge is 2.34. The Bertz CT molecular complexity index is 1180. The maximum absolute atomic E-state index is 13.6. The predicted octanol–water partition coefficient (Wildman–Crippen LogP) is 3.86. The highest BCUT2D eigenvalue weighted by Crippen LogP contribution is 2.46. The van der Waals surface area contributed by atoms with Gasteiger partial charge in [0.25, 0.3) is 0 Å². The molecule has 2 aromatic carbocycles. The first-order valence-electron chi connectivity index (χ1n) is 11.9. The van der Waals surface area contributed by atoms with Crippen molar-refractivity contribution in [2.24, 2.45) is 11.8 Å². The Balaban J connectivity index is 1.62. The molecule has 0 amide bonds. The van der Waals surface area contributed by atoms with Crippen molar-refractivity contribution >= 4 is 28.1 Å². The first kappa shape index (κ1) is 21.9. The molecule has 1 aliphatic carbocycles. The van der Waals surface area contributed by atoms with Crippen molar-refractivity contribution in [3.05, 3.63) is 41.5 Å². The molecule has 174 valence electrons. The summed E-state index contributed by atoms with van der Waals surface area (Å²) < 4.78 is 5.89. The van der Waals surface area contributed by atoms with Crippen molar-refractivity contribution < 1.29 is 14.4 Å². The van der Waals surface area contributed by atoms with Crippen LogP contribution in [0.3, 0.4) is 0 Å². The van der Waals surface area contributed by atoms with Gasteiger partial charge in [0.1, 0.15) is 5.52 Å². The van der Waals surface area contributed by atoms with Crippen LogP contribution in [0.15, 0.2) is 34.9 Å². The van der Waals surface area contributed by atoms with Gasteiger partial charge in [0.15, 0.2) is 11.5 Å². The fraction of sp³-hybridized carbons (Fsp3) is 0.462. The van der Waals surface area contributed by atoms with Crippen LogP contribution in [0.1, 0.15) is 36.2 Å². The maximum atomic E-state index is 13.6. The number of piperidine rings is 1. The molecular weight excluding hydrogens is 416 g/mol. The van der Waals surface area contributed by atoms with Crippen molar-refractivity contribution in [1.29, 1.82) is 0 Å². The summed E-state index contributed by atoms with van der Waals surface area (Å²) in [5.74, 6) is 1.86. The van der Waals surface area contributed by atoms with Crippen molar-refractivity contribution in [3.8, 4) is 11.3 Å². The summed E-state index contributed by atoms with van der Waals surface area (Å²) in [4.78, 5) is 18.1. The summed E-state index contributed by atoms with van der Waals surface area (Å²) in [6.07, 6.45) is 1.22. The number of hydrogen-bond acceptors (Lipinski definition) is 7. The van der Waals surface area contributed by atoms with Crippen molar-refractivity contribution in [3.63, 3.8) is 0 Å². The van der Waals surface area contributed by atoms with E-state index in [1.807, 2.05) is 31.3 Å². The zero-order valence-electron chi connectivity index (χ0n) is 19.6. The molecule has 2 aliphatic rings. The monoisotopic (exact) mass is 448 g/mol. The van der Waals surface area contributed by atoms with Gasteiger partial charge in [0.05, 0.1) is 23.2 Å². The maximum Gasteiger partial charge on any atom is 0.196 e. The predicted molar refractivity (Wildman–Crippen MR) is 131 cm³/mol. The van der Waals surface area contributed by atoms with Crippen LogP contribution in [0.25, 0.3) is 22.2 Å². The minimum Gasteiger partial charge on any atom is -0.395 e. The largest absolute Gasteiger partial charge is 0.395 e. The molecule has 2 N–H and O–H groups in total. The van der Waals surface area contributed by atoms with Crippen molar-refractivity contribution in [2.45, 2.75) is 20.3 Å². The van der Waals surface area contributed by atoms with Crippen LogP contribution >= 0.6 is 0 Å². The van der Waals surface area contributed by atoms with Crippen LogP contribution in [0, 0.1) is 11.8 Å². The van der Waals surface area contributed by atoms with E-state index in [1.54, 1.807) is 0 Å². The van der Waals surface area contributed by atoms with Gasteiger partial charge in [-0.2, -0.15) is 0 Å². The van der Waals surface area contributed by atoms with Gasteiger partial charge in [-0.05, 0) is 31.4 Å². The Morgan fingerprint density at radius 3 is 2.64 bits per heavy atom. The number of carbonyl (C=O) groups excluding carboxylic acids is 1. The average molecular weight is 449 g/mol. The lowest BCUT2D eigenvalue weighted by molar-refractivity contribution is 0.104. The Morgan fingerprint density at radius 2 is 1.91 bits per heavy atom. The zero-order chi connectivity index (χ0) is 23.1. The van der Waals surface area contributed by atoms with Gasteiger partial charge >= 0.3 is 0 Å². The molecule has 0 unspecified atom stereocenters. The third-order valence-electron chi connectivity index (χ3n) is 6.88. The Hall–Kier alpha value is -2.90. The van der Waals surface area contributed by atoms with E-state index >= 15 is 0 Å². The smallest absolute Gasteiger partial charge is 0.196 e. The topological polar surface area (TPSA) is 81.8 Å². The highest BCUT2D eigenvalue weighted by atomic mass is 16.5. The van der Waals surface area contributed by atoms with E-state index in [4.69, 9.17) is 4.52 Å². The molecule has 0 saturated carbocycles. The molecule has 1 fully saturated rings. The third kappa shape index (κ3) is 3.89. The molecule has 1 saturated heterocycles. The standard InChI is InChI=1S/C26H32N4O3/c1-16-12-17(2)15-30(14-16)21-13-20(27-8-9-29(3)10-11-31)22-23-24(21)28-33-26(23)19-7-5-4-6-18(19)25(22)32/h4-7,13,16-17,27,31H,8-12,14-15H2,1-3H3/t16-,17+. The van der Waals surface area contributed by atoms with Crippen molar-refractivity contribution in [1.82, 2.24) is 10.1 Å². The molecule has 7 heteroatoms. The van der Waals surface area contributed by atoms with E-state index < -0.39 is 0 Å². The number of fused-ring (bicyclic) bond motifs is 2. The van der Waals surface area contributed by atoms with Gasteiger partial charge in [-0.1, -0.05) is 43.3 Å². The number of ketones is 1. The highest BCUT2D eigenvalue weighted by molar-refractivity contribution is 6.28. The Labute approximate surface area is 194 Å². The van der Waals surface area contributed by atoms with Gasteiger partial charge in [-0.3, -0.25) is 4.79 Å². The van der Waals surface area contributed by atoms with Crippen molar-refractivity contribution in [2.75, 3.05) is 56.6 Å². The minimum atomic E-state index is 0.00411. The van der Waals surface area contributed by atoms with Crippen LogP contribution in [0.4, 0.5) is 11.4 Å². The summed E-state index contributed by atoms with van der Waals surface area (Å²) in [5.41, 5.74) is 4.73. The van der Waals surface area contributed by atoms with Gasteiger partial charge < -0.3 is 24.7 Å². The summed E-state index contributed by atoms with van der Waals surface area (Å²) in [5, 5.41) is 18.0. The molecule has 2 atom stereocenters. The van der Waals surface area contributed by atoms with Crippen LogP contribution in [-0.4, -0.2) is 67.3 Å². The van der Waals surface area contributed by atoms with Crippen LogP contribution in [-0.2, 0) is 0 Å². The second-order valence-electron chi connectivity index (χ2n) is 9.73. The van der Waals surface area contributed by atoms with Crippen LogP contribution < -0.4 is 10.2 Å². The summed E-state index contributed by atoms with van der Waals surface area (Å²) >= 11 is 0. The fourth-order valence-electron chi connectivity index (χ4n) is 5.45. The van der Waals surface area contributed by atoms with E-state index in [-0.39, 0.29) is 12.4 Å². The molecule has 0 spiro atoms. The van der Waals surface area contributed by atoms with E-state index in [9.17, 15) is 9.90 Å². The number of aromatic nitrogens is 1. The number of carbonyl (C=O) groups is 1. The molecule has 1 aromatic heterocycles. The number of aliphatic hydroxyl groups excluding tert-OH is 1. The number of likely N-dealkylation sites (N-methyl/N-ethyl adjacent to an activating group) is 1. The number of nitrogens with one attached hydrogen (secondary N) is 1. The minimum absolute atomic E-state index is 0.00411. The molecular formula is C26H32N4O3. The summed E-state index contributed by atoms with van der Waals surface area (Å²) in [6, 6.07) is 9.70. The van der Waals surface area contributed by atoms with E-state index in [0.29, 0.717) is 41.8 Å². The Morgan fingerprint density at radius 1 is 1.18 bits per heavy atom. The first-order valence-corrected chi connectivity index (χ1v) is 11.9. The second-order valence-corrected chi connectivity index (χ2v) is 9.73. The zero-order valence-corrected chi connectivity index (χ0v) is 19.6. The number of nitrogens with zero attached hydrogens (tertiary/aromatic N) is 3. The quantitative estimate of drug-likeness (QED) is 0.444. The van der Waals surface area contributed by atoms with Gasteiger partial charge in [0, 0.05) is 49.5 Å². The van der Waals surface area contributed by atoms with E-state index in [2.05, 4.69) is 40.2 Å². The van der Waals surface area contributed by atoms with E-state index in [1.165, 1.54) is 6.42 Å². The lowest BCUT2D eigenvalue weighted by Crippen LogP contribution is -2.39. The summed E-state index contributed by atoms with van der Waals surface area (Å²) in [6.45, 7) is 8.67. The number of hydrogen-bond donors (Lipinski definition) is 2. The molecule has 5 rings (SSSR count). The third-order valence-corrected chi connectivity index (χ3v) is 6.88. The molecule has 0 bridgehead atoms. The normalized spacial score (nSPS) is 19.9. The number of anilines is 2.